The zero-order valence-corrected chi connectivity index (χ0v) is 14.3. The Morgan fingerprint density at radius 3 is 2.24 bits per heavy atom. The molecule has 21 heavy (non-hydrogen) atoms. The van der Waals surface area contributed by atoms with Crippen molar-refractivity contribution in [3.05, 3.63) is 69.2 Å². The van der Waals surface area contributed by atoms with Crippen molar-refractivity contribution >= 4 is 21.8 Å². The van der Waals surface area contributed by atoms with Gasteiger partial charge in [-0.2, -0.15) is 0 Å². The zero-order chi connectivity index (χ0) is 15.4. The second-order valence-electron chi connectivity index (χ2n) is 5.47. The molecule has 3 heteroatoms. The highest BCUT2D eigenvalue weighted by atomic mass is 79.9. The van der Waals surface area contributed by atoms with Crippen LogP contribution in [-0.4, -0.2) is 17.9 Å². The summed E-state index contributed by atoms with van der Waals surface area (Å²) in [6, 6.07) is 14.3. The van der Waals surface area contributed by atoms with E-state index in [1.54, 1.807) is 4.90 Å². The number of rotatable bonds is 4. The first-order valence-corrected chi connectivity index (χ1v) is 7.79. The SMILES string of the molecule is Cc1ccc(CC(=O)N(C)Cc2ccc(Br)cc2)cc1C. The number of amides is 1. The minimum atomic E-state index is 0.140. The molecule has 2 rings (SSSR count). The van der Waals surface area contributed by atoms with Gasteiger partial charge in [0.25, 0.3) is 0 Å². The van der Waals surface area contributed by atoms with Crippen LogP contribution in [0.4, 0.5) is 0 Å². The summed E-state index contributed by atoms with van der Waals surface area (Å²) in [5, 5.41) is 0. The van der Waals surface area contributed by atoms with Crippen molar-refractivity contribution in [2.75, 3.05) is 7.05 Å². The third-order valence-electron chi connectivity index (χ3n) is 3.69. The molecular weight excluding hydrogens is 326 g/mol. The molecule has 0 spiro atoms. The fraction of sp³-hybridized carbons (Fsp3) is 0.278. The van der Waals surface area contributed by atoms with Gasteiger partial charge in [-0.3, -0.25) is 4.79 Å². The lowest BCUT2D eigenvalue weighted by molar-refractivity contribution is -0.129. The number of likely N-dealkylation sites (N-methyl/N-ethyl adjacent to an activating group) is 1. The summed E-state index contributed by atoms with van der Waals surface area (Å²) in [5.41, 5.74) is 4.70. The number of benzene rings is 2. The fourth-order valence-electron chi connectivity index (χ4n) is 2.17. The molecule has 0 aromatic heterocycles. The fourth-order valence-corrected chi connectivity index (χ4v) is 2.44. The monoisotopic (exact) mass is 345 g/mol. The normalized spacial score (nSPS) is 10.5. The van der Waals surface area contributed by atoms with Gasteiger partial charge in [0.15, 0.2) is 0 Å². The molecule has 0 saturated carbocycles. The molecular formula is C18H20BrNO. The number of aryl methyl sites for hydroxylation is 2. The van der Waals surface area contributed by atoms with Crippen molar-refractivity contribution in [1.29, 1.82) is 0 Å². The van der Waals surface area contributed by atoms with Gasteiger partial charge in [-0.05, 0) is 48.2 Å². The highest BCUT2D eigenvalue weighted by Crippen LogP contribution is 2.14. The Morgan fingerprint density at radius 2 is 1.62 bits per heavy atom. The minimum Gasteiger partial charge on any atom is -0.341 e. The van der Waals surface area contributed by atoms with Gasteiger partial charge in [0.2, 0.25) is 5.91 Å². The maximum absolute atomic E-state index is 12.3. The van der Waals surface area contributed by atoms with Gasteiger partial charge in [-0.1, -0.05) is 46.3 Å². The van der Waals surface area contributed by atoms with Crippen molar-refractivity contribution < 1.29 is 4.79 Å². The molecule has 2 nitrogen and oxygen atoms in total. The lowest BCUT2D eigenvalue weighted by atomic mass is 10.0. The molecule has 0 radical (unpaired) electrons. The zero-order valence-electron chi connectivity index (χ0n) is 12.7. The highest BCUT2D eigenvalue weighted by Gasteiger charge is 2.10. The van der Waals surface area contributed by atoms with Gasteiger partial charge in [0.05, 0.1) is 6.42 Å². The summed E-state index contributed by atoms with van der Waals surface area (Å²) >= 11 is 3.42. The van der Waals surface area contributed by atoms with Crippen LogP contribution in [0, 0.1) is 13.8 Å². The lowest BCUT2D eigenvalue weighted by Gasteiger charge is -2.17. The minimum absolute atomic E-state index is 0.140. The molecule has 0 N–H and O–H groups in total. The van der Waals surface area contributed by atoms with E-state index in [9.17, 15) is 4.79 Å². The van der Waals surface area contributed by atoms with Gasteiger partial charge >= 0.3 is 0 Å². The van der Waals surface area contributed by atoms with E-state index in [2.05, 4.69) is 41.9 Å². The smallest absolute Gasteiger partial charge is 0.227 e. The summed E-state index contributed by atoms with van der Waals surface area (Å²) in [6.07, 6.45) is 0.453. The Balaban J connectivity index is 1.98. The second-order valence-corrected chi connectivity index (χ2v) is 6.39. The summed E-state index contributed by atoms with van der Waals surface area (Å²) in [6.45, 7) is 4.80. The standard InChI is InChI=1S/C18H20BrNO/c1-13-4-5-16(10-14(13)2)11-18(21)20(3)12-15-6-8-17(19)9-7-15/h4-10H,11-12H2,1-3H3. The molecule has 0 fully saturated rings. The first kappa shape index (κ1) is 15.8. The molecule has 110 valence electrons. The van der Waals surface area contributed by atoms with Crippen LogP contribution in [0.2, 0.25) is 0 Å². The van der Waals surface area contributed by atoms with Crippen LogP contribution < -0.4 is 0 Å². The molecule has 0 aliphatic rings. The van der Waals surface area contributed by atoms with E-state index in [0.717, 1.165) is 15.6 Å². The van der Waals surface area contributed by atoms with Crippen LogP contribution in [0.25, 0.3) is 0 Å². The predicted octanol–water partition coefficient (Wildman–Crippen LogP) is 4.27. The molecule has 0 unspecified atom stereocenters. The molecule has 0 heterocycles. The Bertz CT molecular complexity index is 634. The van der Waals surface area contributed by atoms with E-state index in [1.807, 2.05) is 37.4 Å². The van der Waals surface area contributed by atoms with E-state index < -0.39 is 0 Å². The largest absolute Gasteiger partial charge is 0.341 e. The molecule has 2 aromatic carbocycles. The molecule has 0 atom stereocenters. The van der Waals surface area contributed by atoms with Gasteiger partial charge in [0, 0.05) is 18.1 Å². The van der Waals surface area contributed by atoms with Crippen molar-refractivity contribution in [3.8, 4) is 0 Å². The van der Waals surface area contributed by atoms with Crippen LogP contribution >= 0.6 is 15.9 Å². The highest BCUT2D eigenvalue weighted by molar-refractivity contribution is 9.10. The summed E-state index contributed by atoms with van der Waals surface area (Å²) in [7, 11) is 1.85. The summed E-state index contributed by atoms with van der Waals surface area (Å²) < 4.78 is 1.05. The number of hydrogen-bond donors (Lipinski definition) is 0. The molecule has 0 aliphatic carbocycles. The molecule has 0 aliphatic heterocycles. The molecule has 2 aromatic rings. The van der Waals surface area contributed by atoms with Gasteiger partial charge in [-0.25, -0.2) is 0 Å². The Hall–Kier alpha value is -1.61. The average Bonchev–Trinajstić information content (AvgIpc) is 2.45. The summed E-state index contributed by atoms with van der Waals surface area (Å²) in [4.78, 5) is 14.1. The number of nitrogens with zero attached hydrogens (tertiary/aromatic N) is 1. The van der Waals surface area contributed by atoms with Crippen LogP contribution in [0.1, 0.15) is 22.3 Å². The van der Waals surface area contributed by atoms with Crippen molar-refractivity contribution in [2.45, 2.75) is 26.8 Å². The first-order valence-electron chi connectivity index (χ1n) is 7.00. The maximum Gasteiger partial charge on any atom is 0.227 e. The predicted molar refractivity (Wildman–Crippen MR) is 90.2 cm³/mol. The average molecular weight is 346 g/mol. The second kappa shape index (κ2) is 6.90. The number of carbonyl (C=O) groups excluding carboxylic acids is 1. The van der Waals surface area contributed by atoms with E-state index >= 15 is 0 Å². The number of hydrogen-bond acceptors (Lipinski definition) is 1. The van der Waals surface area contributed by atoms with Crippen molar-refractivity contribution in [2.24, 2.45) is 0 Å². The van der Waals surface area contributed by atoms with Crippen LogP contribution in [0.5, 0.6) is 0 Å². The third-order valence-corrected chi connectivity index (χ3v) is 4.21. The van der Waals surface area contributed by atoms with Crippen LogP contribution in [0.15, 0.2) is 46.9 Å². The van der Waals surface area contributed by atoms with E-state index in [-0.39, 0.29) is 5.91 Å². The Labute approximate surface area is 134 Å². The Morgan fingerprint density at radius 1 is 1.00 bits per heavy atom. The quantitative estimate of drug-likeness (QED) is 0.810. The first-order chi connectivity index (χ1) is 9.95. The summed E-state index contributed by atoms with van der Waals surface area (Å²) in [5.74, 6) is 0.140. The van der Waals surface area contributed by atoms with Gasteiger partial charge in [0.1, 0.15) is 0 Å². The van der Waals surface area contributed by atoms with Crippen LogP contribution in [-0.2, 0) is 17.8 Å². The van der Waals surface area contributed by atoms with E-state index in [0.29, 0.717) is 13.0 Å². The van der Waals surface area contributed by atoms with Crippen molar-refractivity contribution in [3.63, 3.8) is 0 Å². The van der Waals surface area contributed by atoms with E-state index in [1.165, 1.54) is 11.1 Å². The number of carbonyl (C=O) groups is 1. The molecule has 1 amide bonds. The third kappa shape index (κ3) is 4.43. The number of halogens is 1. The lowest BCUT2D eigenvalue weighted by Crippen LogP contribution is -2.27. The van der Waals surface area contributed by atoms with Crippen LogP contribution in [0.3, 0.4) is 0 Å². The molecule has 0 bridgehead atoms. The van der Waals surface area contributed by atoms with Crippen molar-refractivity contribution in [1.82, 2.24) is 4.90 Å². The molecule has 0 saturated heterocycles. The Kier molecular flexibility index (Phi) is 5.18. The van der Waals surface area contributed by atoms with Gasteiger partial charge in [-0.15, -0.1) is 0 Å². The topological polar surface area (TPSA) is 20.3 Å². The van der Waals surface area contributed by atoms with E-state index in [4.69, 9.17) is 0 Å². The maximum atomic E-state index is 12.3. The van der Waals surface area contributed by atoms with Gasteiger partial charge < -0.3 is 4.90 Å².